The number of hydrogen-bond acceptors (Lipinski definition) is 4. The topological polar surface area (TPSA) is 60.2 Å². The van der Waals surface area contributed by atoms with Crippen LogP contribution in [-0.4, -0.2) is 33.8 Å². The average molecular weight is 298 g/mol. The Hall–Kier alpha value is -2.37. The molecule has 1 aliphatic heterocycles. The number of amides is 1. The number of pyridine rings is 1. The lowest BCUT2D eigenvalue weighted by Crippen LogP contribution is -2.39. The summed E-state index contributed by atoms with van der Waals surface area (Å²) in [5, 5.41) is 4.19. The summed E-state index contributed by atoms with van der Waals surface area (Å²) in [6, 6.07) is 1.97. The molecule has 2 aliphatic rings. The number of carbonyl (C=O) groups is 1. The van der Waals surface area contributed by atoms with Gasteiger partial charge in [0.1, 0.15) is 12.3 Å². The van der Waals surface area contributed by atoms with Gasteiger partial charge in [0, 0.05) is 25.4 Å². The van der Waals surface area contributed by atoms with Crippen molar-refractivity contribution in [2.24, 2.45) is 13.0 Å². The Morgan fingerprint density at radius 3 is 3.05 bits per heavy atom. The van der Waals surface area contributed by atoms with E-state index < -0.39 is 0 Å². The van der Waals surface area contributed by atoms with E-state index in [9.17, 15) is 4.79 Å². The van der Waals surface area contributed by atoms with Crippen molar-refractivity contribution in [3.63, 3.8) is 0 Å². The van der Waals surface area contributed by atoms with E-state index in [1.165, 1.54) is 0 Å². The molecule has 0 spiro atoms. The predicted molar refractivity (Wildman–Crippen MR) is 80.9 cm³/mol. The fourth-order valence-corrected chi connectivity index (χ4v) is 3.10. The van der Waals surface area contributed by atoms with Gasteiger partial charge in [0.05, 0.1) is 12.7 Å². The molecule has 1 saturated carbocycles. The maximum absolute atomic E-state index is 12.8. The first-order valence-electron chi connectivity index (χ1n) is 7.53. The fourth-order valence-electron chi connectivity index (χ4n) is 3.10. The van der Waals surface area contributed by atoms with Gasteiger partial charge in [0.15, 0.2) is 0 Å². The zero-order valence-corrected chi connectivity index (χ0v) is 12.7. The van der Waals surface area contributed by atoms with E-state index in [0.29, 0.717) is 24.9 Å². The van der Waals surface area contributed by atoms with Crippen LogP contribution in [0.15, 0.2) is 24.7 Å². The van der Waals surface area contributed by atoms with E-state index in [4.69, 9.17) is 4.74 Å². The lowest BCUT2D eigenvalue weighted by atomic mass is 10.1. The molecule has 1 amide bonds. The van der Waals surface area contributed by atoms with Crippen molar-refractivity contribution >= 4 is 11.6 Å². The molecule has 0 saturated heterocycles. The lowest BCUT2D eigenvalue weighted by molar-refractivity contribution is -0.120. The predicted octanol–water partition coefficient (Wildman–Crippen LogP) is 1.65. The molecule has 3 heterocycles. The van der Waals surface area contributed by atoms with Crippen molar-refractivity contribution in [1.29, 1.82) is 0 Å². The van der Waals surface area contributed by atoms with Crippen molar-refractivity contribution in [3.05, 3.63) is 35.8 Å². The molecular weight excluding hydrogens is 280 g/mol. The van der Waals surface area contributed by atoms with Crippen molar-refractivity contribution in [2.45, 2.75) is 19.3 Å². The van der Waals surface area contributed by atoms with Crippen molar-refractivity contribution in [3.8, 4) is 5.88 Å². The number of nitrogens with zero attached hydrogens (tertiary/aromatic N) is 4. The third-order valence-corrected chi connectivity index (χ3v) is 4.34. The second kappa shape index (κ2) is 4.83. The van der Waals surface area contributed by atoms with Crippen molar-refractivity contribution < 1.29 is 9.53 Å². The number of fused-ring (bicyclic) bond motifs is 1. The number of hydrogen-bond donors (Lipinski definition) is 0. The quantitative estimate of drug-likeness (QED) is 0.846. The summed E-state index contributed by atoms with van der Waals surface area (Å²) in [5.41, 5.74) is 2.98. The minimum Gasteiger partial charge on any atom is -0.474 e. The van der Waals surface area contributed by atoms with E-state index in [1.54, 1.807) is 10.9 Å². The summed E-state index contributed by atoms with van der Waals surface area (Å²) < 4.78 is 7.34. The molecule has 0 aromatic carbocycles. The molecule has 0 bridgehead atoms. The van der Waals surface area contributed by atoms with Crippen LogP contribution in [0.4, 0.5) is 5.69 Å². The number of rotatable bonds is 2. The van der Waals surface area contributed by atoms with E-state index >= 15 is 0 Å². The second-order valence-electron chi connectivity index (χ2n) is 6.07. The zero-order valence-electron chi connectivity index (χ0n) is 12.7. The van der Waals surface area contributed by atoms with Gasteiger partial charge in [0.2, 0.25) is 11.8 Å². The van der Waals surface area contributed by atoms with Crippen LogP contribution in [0.1, 0.15) is 23.5 Å². The van der Waals surface area contributed by atoms with Gasteiger partial charge in [-0.2, -0.15) is 5.10 Å². The van der Waals surface area contributed by atoms with Crippen molar-refractivity contribution in [1.82, 2.24) is 14.8 Å². The van der Waals surface area contributed by atoms with Crippen LogP contribution in [0.5, 0.6) is 5.88 Å². The Kier molecular flexibility index (Phi) is 2.92. The number of aryl methyl sites for hydroxylation is 2. The van der Waals surface area contributed by atoms with Gasteiger partial charge in [-0.1, -0.05) is 0 Å². The second-order valence-corrected chi connectivity index (χ2v) is 6.07. The standard InChI is InChI=1S/C16H18N4O2/c1-10-5-14-15(17-7-10)22-4-3-20(14)16(21)13-6-12(13)11-8-18-19(2)9-11/h5,7-9,12-13H,3-4,6H2,1-2H3/t12-,13+/m0/s1. The zero-order chi connectivity index (χ0) is 15.3. The molecule has 1 aliphatic carbocycles. The normalized spacial score (nSPS) is 22.9. The van der Waals surface area contributed by atoms with Crippen LogP contribution in [0.2, 0.25) is 0 Å². The Labute approximate surface area is 128 Å². The van der Waals surface area contributed by atoms with E-state index in [-0.39, 0.29) is 11.8 Å². The Morgan fingerprint density at radius 2 is 2.27 bits per heavy atom. The molecular formula is C16H18N4O2. The summed E-state index contributed by atoms with van der Waals surface area (Å²) in [6.45, 7) is 3.06. The van der Waals surface area contributed by atoms with Crippen LogP contribution in [0.3, 0.4) is 0 Å². The van der Waals surface area contributed by atoms with Gasteiger partial charge in [-0.05, 0) is 36.5 Å². The summed E-state index contributed by atoms with van der Waals surface area (Å²) in [5.74, 6) is 1.08. The number of ether oxygens (including phenoxy) is 1. The Balaban J connectivity index is 1.57. The highest BCUT2D eigenvalue weighted by Gasteiger charge is 2.47. The Bertz CT molecular complexity index is 739. The lowest BCUT2D eigenvalue weighted by Gasteiger charge is -2.29. The fraction of sp³-hybridized carbons (Fsp3) is 0.438. The molecule has 6 nitrogen and oxygen atoms in total. The monoisotopic (exact) mass is 298 g/mol. The molecule has 4 rings (SSSR count). The first-order valence-corrected chi connectivity index (χ1v) is 7.53. The van der Waals surface area contributed by atoms with Gasteiger partial charge in [-0.25, -0.2) is 4.98 Å². The highest BCUT2D eigenvalue weighted by Crippen LogP contribution is 2.49. The molecule has 114 valence electrons. The summed E-state index contributed by atoms with van der Waals surface area (Å²) in [7, 11) is 1.90. The first-order chi connectivity index (χ1) is 10.6. The van der Waals surface area contributed by atoms with Crippen LogP contribution in [0, 0.1) is 12.8 Å². The van der Waals surface area contributed by atoms with Crippen LogP contribution in [-0.2, 0) is 11.8 Å². The van der Waals surface area contributed by atoms with Crippen LogP contribution in [0.25, 0.3) is 0 Å². The Morgan fingerprint density at radius 1 is 1.41 bits per heavy atom. The van der Waals surface area contributed by atoms with Crippen LogP contribution < -0.4 is 9.64 Å². The summed E-state index contributed by atoms with van der Waals surface area (Å²) >= 11 is 0. The molecule has 22 heavy (non-hydrogen) atoms. The molecule has 2 atom stereocenters. The molecule has 0 N–H and O–H groups in total. The maximum Gasteiger partial charge on any atom is 0.238 e. The third-order valence-electron chi connectivity index (χ3n) is 4.34. The SMILES string of the molecule is Cc1cnc2c(c1)N(C(=O)[C@@H]1C[C@H]1c1cnn(C)c1)CCO2. The molecule has 1 fully saturated rings. The molecule has 6 heteroatoms. The molecule has 2 aromatic heterocycles. The van der Waals surface area contributed by atoms with E-state index in [2.05, 4.69) is 10.1 Å². The molecule has 0 unspecified atom stereocenters. The highest BCUT2D eigenvalue weighted by molar-refractivity contribution is 5.98. The number of anilines is 1. The van der Waals surface area contributed by atoms with Gasteiger partial charge < -0.3 is 9.64 Å². The van der Waals surface area contributed by atoms with Gasteiger partial charge >= 0.3 is 0 Å². The third kappa shape index (κ3) is 2.15. The minimum absolute atomic E-state index is 0.0515. The minimum atomic E-state index is 0.0515. The molecule has 0 radical (unpaired) electrons. The first kappa shape index (κ1) is 13.3. The smallest absolute Gasteiger partial charge is 0.238 e. The maximum atomic E-state index is 12.8. The number of carbonyl (C=O) groups excluding carboxylic acids is 1. The van der Waals surface area contributed by atoms with Gasteiger partial charge in [-0.15, -0.1) is 0 Å². The average Bonchev–Trinajstić information content (AvgIpc) is 3.20. The van der Waals surface area contributed by atoms with E-state index in [1.807, 2.05) is 37.3 Å². The van der Waals surface area contributed by atoms with Gasteiger partial charge in [-0.3, -0.25) is 9.48 Å². The number of aromatic nitrogens is 3. The summed E-state index contributed by atoms with van der Waals surface area (Å²) in [4.78, 5) is 19.0. The van der Waals surface area contributed by atoms with Gasteiger partial charge in [0.25, 0.3) is 0 Å². The largest absolute Gasteiger partial charge is 0.474 e. The van der Waals surface area contributed by atoms with Crippen LogP contribution >= 0.6 is 0 Å². The van der Waals surface area contributed by atoms with Crippen molar-refractivity contribution in [2.75, 3.05) is 18.1 Å². The molecule has 2 aromatic rings. The summed E-state index contributed by atoms with van der Waals surface area (Å²) in [6.07, 6.45) is 6.52. The van der Waals surface area contributed by atoms with E-state index in [0.717, 1.165) is 23.2 Å². The highest BCUT2D eigenvalue weighted by atomic mass is 16.5.